The average Bonchev–Trinajstić information content (AvgIpc) is 2.73. The third-order valence-corrected chi connectivity index (χ3v) is 6.30. The van der Waals surface area contributed by atoms with E-state index in [-0.39, 0.29) is 10.9 Å². The zero-order chi connectivity index (χ0) is 20.9. The summed E-state index contributed by atoms with van der Waals surface area (Å²) < 4.78 is 38.8. The molecule has 0 spiro atoms. The van der Waals surface area contributed by atoms with E-state index in [4.69, 9.17) is 9.47 Å². The maximum Gasteiger partial charge on any atom is 0.264 e. The number of halogens is 1. The van der Waals surface area contributed by atoms with E-state index in [0.29, 0.717) is 24.8 Å². The van der Waals surface area contributed by atoms with Crippen molar-refractivity contribution in [2.24, 2.45) is 4.99 Å². The molecule has 0 aromatic heterocycles. The predicted molar refractivity (Wildman–Crippen MR) is 115 cm³/mol. The van der Waals surface area contributed by atoms with E-state index in [1.165, 1.54) is 12.1 Å². The van der Waals surface area contributed by atoms with Gasteiger partial charge in [-0.3, -0.25) is 4.90 Å². The Bertz CT molecular complexity index is 980. The van der Waals surface area contributed by atoms with Gasteiger partial charge < -0.3 is 14.8 Å². The lowest BCUT2D eigenvalue weighted by atomic mass is 10.1. The van der Waals surface area contributed by atoms with Crippen LogP contribution in [0.3, 0.4) is 0 Å². The van der Waals surface area contributed by atoms with Crippen LogP contribution in [-0.4, -0.2) is 53.4 Å². The minimum Gasteiger partial charge on any atom is -0.493 e. The molecule has 156 valence electrons. The summed E-state index contributed by atoms with van der Waals surface area (Å²) in [7, 11) is -0.451. The van der Waals surface area contributed by atoms with Crippen LogP contribution in [0.2, 0.25) is 0 Å². The van der Waals surface area contributed by atoms with Gasteiger partial charge in [0.2, 0.25) is 5.96 Å². The predicted octanol–water partition coefficient (Wildman–Crippen LogP) is 2.16. The van der Waals surface area contributed by atoms with Gasteiger partial charge >= 0.3 is 0 Å². The van der Waals surface area contributed by atoms with E-state index in [9.17, 15) is 8.42 Å². The number of aliphatic imine (C=N–C) groups is 1. The standard InChI is InChI=1S/C19H23BrN4O4S/c1-27-17-8-3-14(11-18(17)28-2)9-10-24-12-21-19(22-13-24)23-29(25,26)16-6-4-15(20)5-7-16/h3-8,11H,9-10,12-13H2,1-2H3,(H2,21,22,23). The number of hydrogen-bond acceptors (Lipinski definition) is 7. The first-order chi connectivity index (χ1) is 13.9. The molecule has 0 saturated heterocycles. The van der Waals surface area contributed by atoms with Gasteiger partial charge in [-0.05, 0) is 48.4 Å². The molecule has 2 aromatic rings. The molecule has 29 heavy (non-hydrogen) atoms. The third-order valence-electron chi connectivity index (χ3n) is 4.42. The second-order valence-electron chi connectivity index (χ2n) is 6.38. The summed E-state index contributed by atoms with van der Waals surface area (Å²) in [4.78, 5) is 6.56. The Morgan fingerprint density at radius 2 is 1.86 bits per heavy atom. The van der Waals surface area contributed by atoms with Gasteiger partial charge in [-0.15, -0.1) is 0 Å². The van der Waals surface area contributed by atoms with Crippen LogP contribution >= 0.6 is 15.9 Å². The third kappa shape index (κ3) is 5.62. The molecule has 1 aliphatic rings. The largest absolute Gasteiger partial charge is 0.493 e. The average molecular weight is 483 g/mol. The van der Waals surface area contributed by atoms with Gasteiger partial charge in [0.15, 0.2) is 11.5 Å². The van der Waals surface area contributed by atoms with Gasteiger partial charge in [0.05, 0.1) is 32.5 Å². The van der Waals surface area contributed by atoms with Crippen molar-refractivity contribution in [3.8, 4) is 11.5 Å². The van der Waals surface area contributed by atoms with Crippen molar-refractivity contribution in [2.45, 2.75) is 11.3 Å². The number of ether oxygens (including phenoxy) is 2. The molecule has 0 radical (unpaired) electrons. The molecule has 0 unspecified atom stereocenters. The van der Waals surface area contributed by atoms with E-state index >= 15 is 0 Å². The molecule has 0 fully saturated rings. The Hall–Kier alpha value is -2.30. The second kappa shape index (κ2) is 9.47. The molecular weight excluding hydrogens is 460 g/mol. The fraction of sp³-hybridized carbons (Fsp3) is 0.316. The maximum atomic E-state index is 12.4. The van der Waals surface area contributed by atoms with E-state index in [1.807, 2.05) is 18.2 Å². The van der Waals surface area contributed by atoms with Crippen molar-refractivity contribution in [1.82, 2.24) is 14.9 Å². The normalized spacial score (nSPS) is 14.7. The highest BCUT2D eigenvalue weighted by Gasteiger charge is 2.19. The van der Waals surface area contributed by atoms with Crippen LogP contribution in [0.25, 0.3) is 0 Å². The number of nitrogens with one attached hydrogen (secondary N) is 2. The van der Waals surface area contributed by atoms with E-state index in [0.717, 1.165) is 23.0 Å². The highest BCUT2D eigenvalue weighted by Crippen LogP contribution is 2.27. The lowest BCUT2D eigenvalue weighted by Crippen LogP contribution is -2.50. The van der Waals surface area contributed by atoms with Gasteiger partial charge in [0.25, 0.3) is 10.0 Å². The highest BCUT2D eigenvalue weighted by atomic mass is 79.9. The summed E-state index contributed by atoms with van der Waals surface area (Å²) in [6.07, 6.45) is 0.803. The van der Waals surface area contributed by atoms with E-state index < -0.39 is 10.0 Å². The summed E-state index contributed by atoms with van der Waals surface area (Å²) in [5.74, 6) is 1.64. The number of methoxy groups -OCH3 is 2. The SMILES string of the molecule is COc1ccc(CCN2CN=C(NS(=O)(=O)c3ccc(Br)cc3)NC2)cc1OC. The van der Waals surface area contributed by atoms with Crippen molar-refractivity contribution in [3.63, 3.8) is 0 Å². The summed E-state index contributed by atoms with van der Waals surface area (Å²) in [6, 6.07) is 12.3. The van der Waals surface area contributed by atoms with Crippen molar-refractivity contribution in [2.75, 3.05) is 34.1 Å². The Morgan fingerprint density at radius 3 is 2.48 bits per heavy atom. The van der Waals surface area contributed by atoms with Gasteiger partial charge in [-0.25, -0.2) is 18.1 Å². The molecule has 3 rings (SSSR count). The van der Waals surface area contributed by atoms with Crippen LogP contribution in [0.5, 0.6) is 11.5 Å². The van der Waals surface area contributed by atoms with Crippen LogP contribution in [0.15, 0.2) is 56.8 Å². The monoisotopic (exact) mass is 482 g/mol. The number of hydrogen-bond donors (Lipinski definition) is 2. The second-order valence-corrected chi connectivity index (χ2v) is 8.97. The highest BCUT2D eigenvalue weighted by molar-refractivity contribution is 9.10. The molecule has 8 nitrogen and oxygen atoms in total. The fourth-order valence-electron chi connectivity index (χ4n) is 2.80. The van der Waals surface area contributed by atoms with Gasteiger partial charge in [0.1, 0.15) is 0 Å². The summed E-state index contributed by atoms with van der Waals surface area (Å²) in [5.41, 5.74) is 1.12. The number of sulfonamides is 1. The summed E-state index contributed by atoms with van der Waals surface area (Å²) >= 11 is 3.29. The quantitative estimate of drug-likeness (QED) is 0.628. The van der Waals surface area contributed by atoms with Crippen LogP contribution < -0.4 is 19.5 Å². The maximum absolute atomic E-state index is 12.4. The van der Waals surface area contributed by atoms with Crippen molar-refractivity contribution in [3.05, 3.63) is 52.5 Å². The number of guanidine groups is 1. The molecule has 0 atom stereocenters. The minimum atomic E-state index is -3.67. The van der Waals surface area contributed by atoms with E-state index in [1.54, 1.807) is 26.4 Å². The lowest BCUT2D eigenvalue weighted by molar-refractivity contribution is 0.266. The molecule has 10 heteroatoms. The zero-order valence-electron chi connectivity index (χ0n) is 16.2. The number of rotatable bonds is 7. The van der Waals surface area contributed by atoms with Gasteiger partial charge in [0, 0.05) is 11.0 Å². The topological polar surface area (TPSA) is 92.3 Å². The lowest BCUT2D eigenvalue weighted by Gasteiger charge is -2.27. The first-order valence-corrected chi connectivity index (χ1v) is 11.2. The van der Waals surface area contributed by atoms with E-state index in [2.05, 4.69) is 35.9 Å². The smallest absolute Gasteiger partial charge is 0.264 e. The number of nitrogens with zero attached hydrogens (tertiary/aromatic N) is 2. The molecule has 0 saturated carbocycles. The van der Waals surface area contributed by atoms with Crippen molar-refractivity contribution in [1.29, 1.82) is 0 Å². The molecule has 0 bridgehead atoms. The summed E-state index contributed by atoms with van der Waals surface area (Å²) in [6.45, 7) is 1.66. The zero-order valence-corrected chi connectivity index (χ0v) is 18.6. The van der Waals surface area contributed by atoms with Crippen LogP contribution in [0.4, 0.5) is 0 Å². The van der Waals surface area contributed by atoms with Crippen molar-refractivity contribution < 1.29 is 17.9 Å². The van der Waals surface area contributed by atoms with Gasteiger partial charge in [-0.1, -0.05) is 22.0 Å². The Labute approximate surface area is 179 Å². The first-order valence-electron chi connectivity index (χ1n) is 8.91. The van der Waals surface area contributed by atoms with Crippen LogP contribution in [0.1, 0.15) is 5.56 Å². The Morgan fingerprint density at radius 1 is 1.14 bits per heavy atom. The van der Waals surface area contributed by atoms with Crippen LogP contribution in [0, 0.1) is 0 Å². The fourth-order valence-corrected chi connectivity index (χ4v) is 4.07. The molecule has 0 aliphatic carbocycles. The Balaban J connectivity index is 1.55. The molecule has 0 amide bonds. The van der Waals surface area contributed by atoms with Gasteiger partial charge in [-0.2, -0.15) is 0 Å². The molecule has 1 heterocycles. The molecule has 1 aliphatic heterocycles. The molecular formula is C19H23BrN4O4S. The van der Waals surface area contributed by atoms with Crippen LogP contribution in [-0.2, 0) is 16.4 Å². The Kier molecular flexibility index (Phi) is 6.99. The summed E-state index contributed by atoms with van der Waals surface area (Å²) in [5, 5.41) is 3.02. The number of benzene rings is 2. The molecule has 2 N–H and O–H groups in total. The molecule has 2 aromatic carbocycles. The minimum absolute atomic E-state index is 0.182. The first kappa shape index (κ1) is 21.4. The van der Waals surface area contributed by atoms with Crippen molar-refractivity contribution >= 4 is 31.9 Å².